The smallest absolute Gasteiger partial charge is 0.137 e. The summed E-state index contributed by atoms with van der Waals surface area (Å²) >= 11 is 0. The maximum Gasteiger partial charge on any atom is 0.137 e. The van der Waals surface area contributed by atoms with Crippen molar-refractivity contribution in [2.24, 2.45) is 0 Å². The van der Waals surface area contributed by atoms with E-state index in [1.165, 1.54) is 6.21 Å². The zero-order valence-electron chi connectivity index (χ0n) is 11.6. The Kier molecular flexibility index (Phi) is 4.91. The molecular weight excluding hydrogens is 252 g/mol. The van der Waals surface area contributed by atoms with Gasteiger partial charge < -0.3 is 14.9 Å². The Morgan fingerprint density at radius 3 is 2.85 bits per heavy atom. The number of allylic oxidation sites excluding steroid dienone is 2. The van der Waals surface area contributed by atoms with Gasteiger partial charge in [-0.25, -0.2) is 0 Å². The van der Waals surface area contributed by atoms with E-state index < -0.39 is 0 Å². The van der Waals surface area contributed by atoms with Gasteiger partial charge in [0.05, 0.1) is 18.8 Å². The molecule has 1 aliphatic rings. The molecule has 4 nitrogen and oxygen atoms in total. The van der Waals surface area contributed by atoms with E-state index in [-0.39, 0.29) is 6.10 Å². The van der Waals surface area contributed by atoms with Crippen LogP contribution in [0.2, 0.25) is 0 Å². The highest BCUT2D eigenvalue weighted by molar-refractivity contribution is 5.82. The molecule has 1 heterocycles. The Balaban J connectivity index is 2.19. The molecule has 1 fully saturated rings. The van der Waals surface area contributed by atoms with Crippen molar-refractivity contribution in [3.63, 3.8) is 0 Å². The fourth-order valence-corrected chi connectivity index (χ4v) is 2.16. The molecule has 0 saturated carbocycles. The van der Waals surface area contributed by atoms with Crippen molar-refractivity contribution < 1.29 is 9.47 Å². The van der Waals surface area contributed by atoms with Crippen LogP contribution in [0.5, 0.6) is 5.75 Å². The third-order valence-electron chi connectivity index (χ3n) is 3.35. The highest BCUT2D eigenvalue weighted by atomic mass is 16.5. The zero-order valence-corrected chi connectivity index (χ0v) is 11.6. The second kappa shape index (κ2) is 6.88. The Labute approximate surface area is 119 Å². The summed E-state index contributed by atoms with van der Waals surface area (Å²) in [6, 6.07) is 7.75. The standard InChI is InChI=1S/C16H18N2O2/c1-12(4-7-17)13-2-3-16(14(10-13)11-18)20-15-5-8-19-9-6-15/h2-4,7,10,15,17H,5-6,8-9H2,1H3/b12-4+,17-7?. The molecule has 1 aliphatic heterocycles. The molecule has 1 saturated heterocycles. The van der Waals surface area contributed by atoms with Crippen LogP contribution in [0.15, 0.2) is 24.3 Å². The van der Waals surface area contributed by atoms with Crippen molar-refractivity contribution >= 4 is 11.8 Å². The Morgan fingerprint density at radius 2 is 2.20 bits per heavy atom. The molecule has 0 atom stereocenters. The van der Waals surface area contributed by atoms with Gasteiger partial charge in [-0.05, 0) is 36.3 Å². The number of rotatable bonds is 4. The quantitative estimate of drug-likeness (QED) is 0.854. The molecule has 1 aromatic rings. The first-order chi connectivity index (χ1) is 9.74. The van der Waals surface area contributed by atoms with Crippen LogP contribution in [0.3, 0.4) is 0 Å². The first-order valence-electron chi connectivity index (χ1n) is 6.71. The van der Waals surface area contributed by atoms with Crippen molar-refractivity contribution in [1.82, 2.24) is 0 Å². The molecular formula is C16H18N2O2. The summed E-state index contributed by atoms with van der Waals surface area (Å²) in [5.41, 5.74) is 2.42. The number of nitrogens with zero attached hydrogens (tertiary/aromatic N) is 1. The largest absolute Gasteiger partial charge is 0.489 e. The Morgan fingerprint density at radius 1 is 1.45 bits per heavy atom. The van der Waals surface area contributed by atoms with Crippen LogP contribution in [0, 0.1) is 16.7 Å². The SMILES string of the molecule is C/C(=C\C=N)c1ccc(OC2CCOCC2)c(C#N)c1. The molecule has 2 rings (SSSR count). The second-order valence-corrected chi connectivity index (χ2v) is 4.77. The van der Waals surface area contributed by atoms with Gasteiger partial charge >= 0.3 is 0 Å². The van der Waals surface area contributed by atoms with Gasteiger partial charge in [-0.15, -0.1) is 0 Å². The first-order valence-corrected chi connectivity index (χ1v) is 6.71. The molecule has 4 heteroatoms. The maximum atomic E-state index is 9.27. The van der Waals surface area contributed by atoms with E-state index in [4.69, 9.17) is 14.9 Å². The van der Waals surface area contributed by atoms with Gasteiger partial charge in [0.2, 0.25) is 0 Å². The number of nitrogens with one attached hydrogen (secondary N) is 1. The lowest BCUT2D eigenvalue weighted by Crippen LogP contribution is -2.26. The third-order valence-corrected chi connectivity index (χ3v) is 3.35. The van der Waals surface area contributed by atoms with Crippen LogP contribution in [-0.2, 0) is 4.74 Å². The molecule has 0 spiro atoms. The molecule has 1 N–H and O–H groups in total. The van der Waals surface area contributed by atoms with Crippen LogP contribution in [0.4, 0.5) is 0 Å². The summed E-state index contributed by atoms with van der Waals surface area (Å²) in [6.07, 6.45) is 4.79. The monoisotopic (exact) mass is 270 g/mol. The molecule has 1 aromatic carbocycles. The van der Waals surface area contributed by atoms with E-state index in [1.54, 1.807) is 6.08 Å². The number of hydrogen-bond acceptors (Lipinski definition) is 4. The summed E-state index contributed by atoms with van der Waals surface area (Å²) in [5.74, 6) is 0.630. The minimum Gasteiger partial charge on any atom is -0.489 e. The summed E-state index contributed by atoms with van der Waals surface area (Å²) in [4.78, 5) is 0. The van der Waals surface area contributed by atoms with Gasteiger partial charge in [0.25, 0.3) is 0 Å². The third kappa shape index (κ3) is 3.46. The average molecular weight is 270 g/mol. The van der Waals surface area contributed by atoms with E-state index >= 15 is 0 Å². The normalized spacial score (nSPS) is 16.5. The average Bonchev–Trinajstić information content (AvgIpc) is 2.49. The van der Waals surface area contributed by atoms with E-state index in [9.17, 15) is 5.26 Å². The summed E-state index contributed by atoms with van der Waals surface area (Å²) in [6.45, 7) is 3.35. The summed E-state index contributed by atoms with van der Waals surface area (Å²) in [5, 5.41) is 16.4. The van der Waals surface area contributed by atoms with E-state index in [1.807, 2.05) is 25.1 Å². The van der Waals surface area contributed by atoms with Crippen LogP contribution < -0.4 is 4.74 Å². The predicted octanol–water partition coefficient (Wildman–Crippen LogP) is 3.17. The van der Waals surface area contributed by atoms with Gasteiger partial charge in [-0.2, -0.15) is 5.26 Å². The van der Waals surface area contributed by atoms with Crippen LogP contribution in [0.25, 0.3) is 5.57 Å². The van der Waals surface area contributed by atoms with Gasteiger partial charge in [0.15, 0.2) is 0 Å². The van der Waals surface area contributed by atoms with Crippen molar-refractivity contribution in [1.29, 1.82) is 10.7 Å². The lowest BCUT2D eigenvalue weighted by Gasteiger charge is -2.23. The molecule has 0 radical (unpaired) electrons. The van der Waals surface area contributed by atoms with Gasteiger partial charge in [-0.3, -0.25) is 0 Å². The molecule has 0 aromatic heterocycles. The number of nitriles is 1. The lowest BCUT2D eigenvalue weighted by atomic mass is 10.0. The van der Waals surface area contributed by atoms with Crippen molar-refractivity contribution in [2.45, 2.75) is 25.9 Å². The summed E-state index contributed by atoms with van der Waals surface area (Å²) < 4.78 is 11.2. The number of ether oxygens (including phenoxy) is 2. The molecule has 104 valence electrons. The topological polar surface area (TPSA) is 66.1 Å². The van der Waals surface area contributed by atoms with Gasteiger partial charge in [0.1, 0.15) is 17.9 Å². The van der Waals surface area contributed by atoms with Gasteiger partial charge in [0, 0.05) is 19.1 Å². The van der Waals surface area contributed by atoms with Crippen LogP contribution in [-0.4, -0.2) is 25.5 Å². The fourth-order valence-electron chi connectivity index (χ4n) is 2.16. The Hall–Kier alpha value is -2.12. The highest BCUT2D eigenvalue weighted by Gasteiger charge is 2.17. The van der Waals surface area contributed by atoms with Crippen LogP contribution >= 0.6 is 0 Å². The summed E-state index contributed by atoms with van der Waals surface area (Å²) in [7, 11) is 0. The molecule has 0 aliphatic carbocycles. The minimum absolute atomic E-state index is 0.125. The van der Waals surface area contributed by atoms with Crippen molar-refractivity contribution in [3.8, 4) is 11.8 Å². The first kappa shape index (κ1) is 14.3. The zero-order chi connectivity index (χ0) is 14.4. The van der Waals surface area contributed by atoms with Crippen molar-refractivity contribution in [3.05, 3.63) is 35.4 Å². The van der Waals surface area contributed by atoms with E-state index in [0.29, 0.717) is 24.5 Å². The lowest BCUT2D eigenvalue weighted by molar-refractivity contribution is 0.0254. The highest BCUT2D eigenvalue weighted by Crippen LogP contribution is 2.26. The minimum atomic E-state index is 0.125. The predicted molar refractivity (Wildman–Crippen MR) is 78.1 cm³/mol. The maximum absolute atomic E-state index is 9.27. The molecule has 0 amide bonds. The molecule has 20 heavy (non-hydrogen) atoms. The Bertz CT molecular complexity index is 552. The van der Waals surface area contributed by atoms with E-state index in [2.05, 4.69) is 6.07 Å². The van der Waals surface area contributed by atoms with Gasteiger partial charge in [-0.1, -0.05) is 6.07 Å². The number of hydrogen-bond donors (Lipinski definition) is 1. The number of benzene rings is 1. The molecule has 0 bridgehead atoms. The van der Waals surface area contributed by atoms with Crippen LogP contribution in [0.1, 0.15) is 30.9 Å². The molecule has 0 unspecified atom stereocenters. The van der Waals surface area contributed by atoms with Crippen molar-refractivity contribution in [2.75, 3.05) is 13.2 Å². The second-order valence-electron chi connectivity index (χ2n) is 4.77. The van der Waals surface area contributed by atoms with E-state index in [0.717, 1.165) is 24.0 Å². The fraction of sp³-hybridized carbons (Fsp3) is 0.375.